The zero-order valence-corrected chi connectivity index (χ0v) is 9.07. The lowest BCUT2D eigenvalue weighted by Gasteiger charge is -1.97. The molecule has 0 spiro atoms. The van der Waals surface area contributed by atoms with Crippen molar-refractivity contribution in [2.75, 3.05) is 0 Å². The van der Waals surface area contributed by atoms with Crippen molar-refractivity contribution >= 4 is 33.9 Å². The molecule has 0 aliphatic carbocycles. The normalized spacial score (nSPS) is 10.8. The zero-order chi connectivity index (χ0) is 7.56. The average molecular weight is 267 g/mol. The maximum Gasteiger partial charge on any atom is 0.154 e. The molecule has 56 valence electrons. The fourth-order valence-electron chi connectivity index (χ4n) is 0.780. The van der Waals surface area contributed by atoms with Gasteiger partial charge in [-0.15, -0.1) is 11.3 Å². The molecule has 0 amide bonds. The Labute approximate surface area is 79.0 Å². The van der Waals surface area contributed by atoms with Gasteiger partial charge in [0.25, 0.3) is 0 Å². The van der Waals surface area contributed by atoms with Gasteiger partial charge in [0.05, 0.1) is 0 Å². The Balaban J connectivity index is 2.58. The van der Waals surface area contributed by atoms with Crippen molar-refractivity contribution in [3.63, 3.8) is 0 Å². The Morgan fingerprint density at radius 3 is 2.80 bits per heavy atom. The molecule has 1 aromatic heterocycles. The summed E-state index contributed by atoms with van der Waals surface area (Å²) in [6.07, 6.45) is 3.15. The van der Waals surface area contributed by atoms with E-state index in [-0.39, 0.29) is 0 Å². The molecule has 0 aromatic carbocycles. The lowest BCUT2D eigenvalue weighted by molar-refractivity contribution is 0.653. The van der Waals surface area contributed by atoms with Crippen LogP contribution >= 0.6 is 33.9 Å². The molecule has 0 unspecified atom stereocenters. The maximum atomic E-state index is 4.17. The number of hydrogen-bond donors (Lipinski definition) is 0. The second-order valence-corrected chi connectivity index (χ2v) is 5.55. The monoisotopic (exact) mass is 267 g/mol. The number of halogens is 1. The molecule has 3 heteroatoms. The van der Waals surface area contributed by atoms with Crippen molar-refractivity contribution in [3.8, 4) is 0 Å². The first-order valence-electron chi connectivity index (χ1n) is 3.28. The molecule has 1 rings (SSSR count). The van der Waals surface area contributed by atoms with Gasteiger partial charge < -0.3 is 0 Å². The Hall–Kier alpha value is 0.360. The van der Waals surface area contributed by atoms with Crippen molar-refractivity contribution in [2.24, 2.45) is 5.92 Å². The van der Waals surface area contributed by atoms with Gasteiger partial charge in [0.1, 0.15) is 0 Å². The van der Waals surface area contributed by atoms with E-state index in [4.69, 9.17) is 0 Å². The topological polar surface area (TPSA) is 12.9 Å². The molecule has 0 aliphatic heterocycles. The van der Waals surface area contributed by atoms with Crippen LogP contribution in [0, 0.1) is 8.93 Å². The van der Waals surface area contributed by atoms with Crippen LogP contribution in [0.1, 0.15) is 18.7 Å². The third-order valence-corrected chi connectivity index (χ3v) is 2.88. The minimum Gasteiger partial charge on any atom is -0.238 e. The van der Waals surface area contributed by atoms with E-state index in [1.807, 2.05) is 6.20 Å². The van der Waals surface area contributed by atoms with Gasteiger partial charge in [-0.2, -0.15) is 0 Å². The van der Waals surface area contributed by atoms with Gasteiger partial charge in [0, 0.05) is 11.1 Å². The fraction of sp³-hybridized carbons (Fsp3) is 0.571. The fourth-order valence-corrected chi connectivity index (χ4v) is 2.61. The minimum absolute atomic E-state index is 0.747. The first-order chi connectivity index (χ1) is 4.68. The van der Waals surface area contributed by atoms with E-state index in [1.165, 1.54) is 11.3 Å². The van der Waals surface area contributed by atoms with E-state index < -0.39 is 0 Å². The summed E-state index contributed by atoms with van der Waals surface area (Å²) in [6, 6.07) is 0. The smallest absolute Gasteiger partial charge is 0.154 e. The van der Waals surface area contributed by atoms with Crippen LogP contribution in [-0.2, 0) is 6.42 Å². The largest absolute Gasteiger partial charge is 0.238 e. The summed E-state index contributed by atoms with van der Waals surface area (Å²) in [4.78, 5) is 5.58. The maximum absolute atomic E-state index is 4.17. The van der Waals surface area contributed by atoms with E-state index in [1.54, 1.807) is 11.3 Å². The van der Waals surface area contributed by atoms with Gasteiger partial charge in [0.15, 0.2) is 3.01 Å². The lowest BCUT2D eigenvalue weighted by Crippen LogP contribution is -1.89. The second-order valence-electron chi connectivity index (χ2n) is 2.68. The van der Waals surface area contributed by atoms with E-state index in [0.717, 1.165) is 8.93 Å². The summed E-state index contributed by atoms with van der Waals surface area (Å²) in [5.74, 6) is 0.747. The summed E-state index contributed by atoms with van der Waals surface area (Å²) in [7, 11) is 0. The van der Waals surface area contributed by atoms with Crippen molar-refractivity contribution in [1.82, 2.24) is 4.98 Å². The van der Waals surface area contributed by atoms with Gasteiger partial charge in [0.2, 0.25) is 0 Å². The molecule has 1 nitrogen and oxygen atoms in total. The highest BCUT2D eigenvalue weighted by atomic mass is 127. The predicted molar refractivity (Wildman–Crippen MR) is 53.4 cm³/mol. The number of thiazole rings is 1. The van der Waals surface area contributed by atoms with Gasteiger partial charge in [-0.25, -0.2) is 4.98 Å². The van der Waals surface area contributed by atoms with E-state index >= 15 is 0 Å². The third-order valence-electron chi connectivity index (χ3n) is 1.13. The number of hydrogen-bond acceptors (Lipinski definition) is 2. The van der Waals surface area contributed by atoms with Crippen LogP contribution in [0.4, 0.5) is 0 Å². The van der Waals surface area contributed by atoms with E-state index in [2.05, 4.69) is 41.4 Å². The molecule has 1 aromatic rings. The van der Waals surface area contributed by atoms with Crippen molar-refractivity contribution in [1.29, 1.82) is 0 Å². The van der Waals surface area contributed by atoms with Gasteiger partial charge in [-0.05, 0) is 34.9 Å². The molecule has 10 heavy (non-hydrogen) atoms. The summed E-state index contributed by atoms with van der Waals surface area (Å²) in [6.45, 7) is 4.46. The van der Waals surface area contributed by atoms with Crippen LogP contribution < -0.4 is 0 Å². The molecule has 0 bridgehead atoms. The van der Waals surface area contributed by atoms with Crippen LogP contribution in [0.5, 0.6) is 0 Å². The Morgan fingerprint density at radius 1 is 1.70 bits per heavy atom. The van der Waals surface area contributed by atoms with Crippen LogP contribution in [0.25, 0.3) is 0 Å². The van der Waals surface area contributed by atoms with Gasteiger partial charge in [-0.1, -0.05) is 13.8 Å². The molecule has 0 saturated carbocycles. The molecular weight excluding hydrogens is 257 g/mol. The minimum atomic E-state index is 0.747. The molecule has 0 radical (unpaired) electrons. The van der Waals surface area contributed by atoms with Crippen LogP contribution in [0.15, 0.2) is 6.20 Å². The Kier molecular flexibility index (Phi) is 3.10. The molecule has 0 fully saturated rings. The Morgan fingerprint density at radius 2 is 2.40 bits per heavy atom. The van der Waals surface area contributed by atoms with Crippen LogP contribution in [0.2, 0.25) is 0 Å². The summed E-state index contributed by atoms with van der Waals surface area (Å²) in [5.41, 5.74) is 0. The molecule has 0 atom stereocenters. The Bertz CT molecular complexity index is 207. The highest BCUT2D eigenvalue weighted by Gasteiger charge is 2.00. The van der Waals surface area contributed by atoms with Crippen molar-refractivity contribution in [2.45, 2.75) is 20.3 Å². The quantitative estimate of drug-likeness (QED) is 0.751. The molecule has 1 heterocycles. The summed E-state index contributed by atoms with van der Waals surface area (Å²) in [5, 5.41) is 0. The van der Waals surface area contributed by atoms with E-state index in [0.29, 0.717) is 0 Å². The summed E-state index contributed by atoms with van der Waals surface area (Å²) < 4.78 is 1.15. The first kappa shape index (κ1) is 8.46. The lowest BCUT2D eigenvalue weighted by atomic mass is 10.1. The van der Waals surface area contributed by atoms with Crippen LogP contribution in [-0.4, -0.2) is 4.98 Å². The molecule has 0 aliphatic rings. The zero-order valence-electron chi connectivity index (χ0n) is 6.10. The van der Waals surface area contributed by atoms with E-state index in [9.17, 15) is 0 Å². The highest BCUT2D eigenvalue weighted by molar-refractivity contribution is 14.1. The number of aromatic nitrogens is 1. The number of nitrogens with zero attached hydrogens (tertiary/aromatic N) is 1. The first-order valence-corrected chi connectivity index (χ1v) is 5.18. The van der Waals surface area contributed by atoms with Crippen LogP contribution in [0.3, 0.4) is 0 Å². The highest BCUT2D eigenvalue weighted by Crippen LogP contribution is 2.17. The molecular formula is C7H10INS. The SMILES string of the molecule is CC(C)Cc1cnc(I)s1. The molecule has 0 saturated heterocycles. The standard InChI is InChI=1S/C7H10INS/c1-5(2)3-6-4-9-7(8)10-6/h4-5H,3H2,1-2H3. The summed E-state index contributed by atoms with van der Waals surface area (Å²) >= 11 is 4.05. The predicted octanol–water partition coefficient (Wildman–Crippen LogP) is 2.95. The third kappa shape index (κ3) is 2.54. The average Bonchev–Trinajstić information content (AvgIpc) is 2.13. The second kappa shape index (κ2) is 3.67. The number of rotatable bonds is 2. The van der Waals surface area contributed by atoms with Gasteiger partial charge >= 0.3 is 0 Å². The van der Waals surface area contributed by atoms with Crippen molar-refractivity contribution in [3.05, 3.63) is 14.1 Å². The molecule has 0 N–H and O–H groups in total. The van der Waals surface area contributed by atoms with Gasteiger partial charge in [-0.3, -0.25) is 0 Å². The van der Waals surface area contributed by atoms with Crippen molar-refractivity contribution < 1.29 is 0 Å².